The summed E-state index contributed by atoms with van der Waals surface area (Å²) >= 11 is 5.77. The number of aromatic amines is 1. The van der Waals surface area contributed by atoms with Crippen molar-refractivity contribution in [3.05, 3.63) is 11.4 Å². The maximum atomic E-state index is 12.7. The van der Waals surface area contributed by atoms with Gasteiger partial charge in [-0.1, -0.05) is 13.8 Å². The van der Waals surface area contributed by atoms with E-state index >= 15 is 0 Å². The van der Waals surface area contributed by atoms with E-state index in [4.69, 9.17) is 11.6 Å². The van der Waals surface area contributed by atoms with Crippen LogP contribution in [-0.4, -0.2) is 36.0 Å². The van der Waals surface area contributed by atoms with Crippen molar-refractivity contribution in [2.75, 3.05) is 13.1 Å². The molecule has 1 aromatic rings. The Bertz CT molecular complexity index is 556. The van der Waals surface area contributed by atoms with Gasteiger partial charge in [0.15, 0.2) is 0 Å². The predicted octanol–water partition coefficient (Wildman–Crippen LogP) is 2.27. The maximum Gasteiger partial charge on any atom is 0.246 e. The van der Waals surface area contributed by atoms with Crippen LogP contribution in [0.1, 0.15) is 38.1 Å². The lowest BCUT2D eigenvalue weighted by Gasteiger charge is -2.36. The molecule has 1 aromatic heterocycles. The van der Waals surface area contributed by atoms with E-state index in [0.717, 1.165) is 12.8 Å². The maximum absolute atomic E-state index is 12.7. The molecule has 7 heteroatoms. The summed E-state index contributed by atoms with van der Waals surface area (Å²) in [4.78, 5) is 0.252. The molecule has 0 unspecified atom stereocenters. The van der Waals surface area contributed by atoms with Gasteiger partial charge in [-0.3, -0.25) is 5.10 Å². The van der Waals surface area contributed by atoms with Crippen molar-refractivity contribution in [2.45, 2.75) is 44.4 Å². The van der Waals surface area contributed by atoms with Crippen LogP contribution in [0.25, 0.3) is 0 Å². The van der Waals surface area contributed by atoms with Gasteiger partial charge >= 0.3 is 0 Å². The van der Waals surface area contributed by atoms with Crippen LogP contribution in [0.4, 0.5) is 0 Å². The number of nitrogens with one attached hydrogen (secondary N) is 1. The van der Waals surface area contributed by atoms with Gasteiger partial charge in [-0.15, -0.1) is 11.6 Å². The summed E-state index contributed by atoms with van der Waals surface area (Å²) in [6, 6.07) is 0. The van der Waals surface area contributed by atoms with Crippen molar-refractivity contribution in [3.8, 4) is 0 Å². The molecule has 108 valence electrons. The molecule has 0 saturated carbocycles. The number of alkyl halides is 1. The topological polar surface area (TPSA) is 66.1 Å². The van der Waals surface area contributed by atoms with Gasteiger partial charge in [0.25, 0.3) is 0 Å². The van der Waals surface area contributed by atoms with Crippen LogP contribution in [0.15, 0.2) is 4.90 Å². The van der Waals surface area contributed by atoms with Gasteiger partial charge in [0.05, 0.1) is 17.3 Å². The quantitative estimate of drug-likeness (QED) is 0.871. The number of H-pyrrole nitrogens is 1. The first-order valence-corrected chi connectivity index (χ1v) is 8.35. The fourth-order valence-electron chi connectivity index (χ4n) is 2.36. The molecule has 1 aliphatic rings. The molecule has 1 N–H and O–H groups in total. The third-order valence-corrected chi connectivity index (χ3v) is 6.12. The Morgan fingerprint density at radius 1 is 1.37 bits per heavy atom. The Morgan fingerprint density at radius 3 is 2.47 bits per heavy atom. The summed E-state index contributed by atoms with van der Waals surface area (Å²) in [6.45, 7) is 7.17. The van der Waals surface area contributed by atoms with Crippen LogP contribution >= 0.6 is 11.6 Å². The Kier molecular flexibility index (Phi) is 3.95. The zero-order valence-corrected chi connectivity index (χ0v) is 13.1. The van der Waals surface area contributed by atoms with E-state index in [2.05, 4.69) is 24.0 Å². The zero-order valence-electron chi connectivity index (χ0n) is 11.5. The van der Waals surface area contributed by atoms with Gasteiger partial charge in [-0.05, 0) is 25.2 Å². The van der Waals surface area contributed by atoms with Gasteiger partial charge < -0.3 is 0 Å². The first-order valence-electron chi connectivity index (χ1n) is 6.38. The molecule has 0 atom stereocenters. The highest BCUT2D eigenvalue weighted by molar-refractivity contribution is 7.89. The van der Waals surface area contributed by atoms with Crippen molar-refractivity contribution in [1.29, 1.82) is 0 Å². The number of rotatable bonds is 3. The molecule has 2 rings (SSSR count). The number of hydrogen-bond donors (Lipinski definition) is 1. The van der Waals surface area contributed by atoms with Crippen LogP contribution in [-0.2, 0) is 15.9 Å². The normalized spacial score (nSPS) is 20.6. The first kappa shape index (κ1) is 14.8. The second-order valence-electron chi connectivity index (χ2n) is 5.83. The minimum absolute atomic E-state index is 0.0955. The van der Waals surface area contributed by atoms with E-state index in [0.29, 0.717) is 24.5 Å². The van der Waals surface area contributed by atoms with Gasteiger partial charge in [-0.25, -0.2) is 8.42 Å². The Balaban J connectivity index is 2.31. The summed E-state index contributed by atoms with van der Waals surface area (Å²) in [5.74, 6) is 0.0955. The van der Waals surface area contributed by atoms with Gasteiger partial charge in [0.2, 0.25) is 10.0 Å². The number of piperidine rings is 1. The van der Waals surface area contributed by atoms with Crippen molar-refractivity contribution in [3.63, 3.8) is 0 Å². The highest BCUT2D eigenvalue weighted by atomic mass is 35.5. The number of nitrogens with zero attached hydrogens (tertiary/aromatic N) is 2. The lowest BCUT2D eigenvalue weighted by Crippen LogP contribution is -2.41. The predicted molar refractivity (Wildman–Crippen MR) is 74.7 cm³/mol. The molecule has 0 radical (unpaired) electrons. The van der Waals surface area contributed by atoms with Crippen LogP contribution < -0.4 is 0 Å². The molecule has 1 aliphatic heterocycles. The second kappa shape index (κ2) is 5.07. The van der Waals surface area contributed by atoms with Crippen LogP contribution in [0.2, 0.25) is 0 Å². The molecule has 0 bridgehead atoms. The lowest BCUT2D eigenvalue weighted by atomic mass is 9.83. The minimum Gasteiger partial charge on any atom is -0.281 e. The highest BCUT2D eigenvalue weighted by Gasteiger charge is 2.35. The van der Waals surface area contributed by atoms with Gasteiger partial charge in [-0.2, -0.15) is 9.40 Å². The molecule has 2 heterocycles. The number of hydrogen-bond acceptors (Lipinski definition) is 3. The molecular weight excluding hydrogens is 286 g/mol. The number of sulfonamides is 1. The fraction of sp³-hybridized carbons (Fsp3) is 0.750. The standard InChI is InChI=1S/C12H20ClN3O2S/c1-9-11(10(8-13)15-14-9)19(17,18)16-6-4-12(2,3)5-7-16/h4-8H2,1-3H3,(H,14,15). The van der Waals surface area contributed by atoms with Crippen LogP contribution in [0, 0.1) is 12.3 Å². The molecule has 5 nitrogen and oxygen atoms in total. The zero-order chi connectivity index (χ0) is 14.3. The third-order valence-electron chi connectivity index (χ3n) is 3.76. The van der Waals surface area contributed by atoms with E-state index < -0.39 is 10.0 Å². The number of halogens is 1. The van der Waals surface area contributed by atoms with Crippen molar-refractivity contribution >= 4 is 21.6 Å². The van der Waals surface area contributed by atoms with E-state index in [-0.39, 0.29) is 16.2 Å². The van der Waals surface area contributed by atoms with Crippen LogP contribution in [0.3, 0.4) is 0 Å². The van der Waals surface area contributed by atoms with Crippen molar-refractivity contribution in [2.24, 2.45) is 5.41 Å². The summed E-state index contributed by atoms with van der Waals surface area (Å²) in [5, 5.41) is 6.67. The summed E-state index contributed by atoms with van der Waals surface area (Å²) in [6.07, 6.45) is 1.75. The van der Waals surface area contributed by atoms with Crippen LogP contribution in [0.5, 0.6) is 0 Å². The SMILES string of the molecule is Cc1[nH]nc(CCl)c1S(=O)(=O)N1CCC(C)(C)CC1. The smallest absolute Gasteiger partial charge is 0.246 e. The largest absolute Gasteiger partial charge is 0.281 e. The first-order chi connectivity index (χ1) is 8.78. The molecule has 0 aliphatic carbocycles. The van der Waals surface area contributed by atoms with Crippen molar-refractivity contribution in [1.82, 2.24) is 14.5 Å². The minimum atomic E-state index is -3.49. The molecule has 1 saturated heterocycles. The van der Waals surface area contributed by atoms with Gasteiger partial charge in [0.1, 0.15) is 4.90 Å². The Labute approximate surface area is 119 Å². The van der Waals surface area contributed by atoms with E-state index in [1.807, 2.05) is 0 Å². The lowest BCUT2D eigenvalue weighted by molar-refractivity contribution is 0.195. The van der Waals surface area contributed by atoms with E-state index in [9.17, 15) is 8.42 Å². The number of aryl methyl sites for hydroxylation is 1. The average Bonchev–Trinajstić information content (AvgIpc) is 2.70. The second-order valence-corrected chi connectivity index (χ2v) is 7.97. The molecule has 0 spiro atoms. The molecule has 0 amide bonds. The summed E-state index contributed by atoms with van der Waals surface area (Å²) < 4.78 is 26.9. The summed E-state index contributed by atoms with van der Waals surface area (Å²) in [7, 11) is -3.49. The highest BCUT2D eigenvalue weighted by Crippen LogP contribution is 2.33. The van der Waals surface area contributed by atoms with E-state index in [1.165, 1.54) is 0 Å². The molecule has 19 heavy (non-hydrogen) atoms. The Morgan fingerprint density at radius 2 is 1.95 bits per heavy atom. The fourth-order valence-corrected chi connectivity index (χ4v) is 4.41. The molecular formula is C12H20ClN3O2S. The van der Waals surface area contributed by atoms with Gasteiger partial charge in [0, 0.05) is 13.1 Å². The molecule has 1 fully saturated rings. The Hall–Kier alpha value is -0.590. The third kappa shape index (κ3) is 2.80. The van der Waals surface area contributed by atoms with Crippen molar-refractivity contribution < 1.29 is 8.42 Å². The van der Waals surface area contributed by atoms with E-state index in [1.54, 1.807) is 11.2 Å². The number of aromatic nitrogens is 2. The summed E-state index contributed by atoms with van der Waals surface area (Å²) in [5.41, 5.74) is 1.18. The molecule has 0 aromatic carbocycles. The average molecular weight is 306 g/mol. The monoisotopic (exact) mass is 305 g/mol.